The molecule has 200 valence electrons. The zero-order valence-electron chi connectivity index (χ0n) is 21.4. The first-order valence-corrected chi connectivity index (χ1v) is 12.5. The SMILES string of the molecule is Cc1cc(Oc2c(F)cccc2F)ncc1-n1ncc(C(=O)c2cc3c4c(ccc3[nH]2)CN(CC#N)CC4)c1N. The van der Waals surface area contributed by atoms with Crippen LogP contribution in [0.5, 0.6) is 11.6 Å². The summed E-state index contributed by atoms with van der Waals surface area (Å²) in [6.07, 6.45) is 3.60. The molecule has 5 aromatic rings. The predicted octanol–water partition coefficient (Wildman–Crippen LogP) is 4.82. The lowest BCUT2D eigenvalue weighted by Gasteiger charge is -2.26. The van der Waals surface area contributed by atoms with Crippen molar-refractivity contribution >= 4 is 22.5 Å². The quantitative estimate of drug-likeness (QED) is 0.234. The van der Waals surface area contributed by atoms with Crippen LogP contribution in [0.3, 0.4) is 0 Å². The van der Waals surface area contributed by atoms with Crippen LogP contribution >= 0.6 is 0 Å². The van der Waals surface area contributed by atoms with Gasteiger partial charge in [0.1, 0.15) is 5.82 Å². The van der Waals surface area contributed by atoms with Gasteiger partial charge in [0.2, 0.25) is 17.4 Å². The molecular weight excluding hydrogens is 516 g/mol. The molecule has 3 aromatic heterocycles. The number of ether oxygens (including phenoxy) is 1. The Bertz CT molecular complexity index is 1820. The summed E-state index contributed by atoms with van der Waals surface area (Å²) in [7, 11) is 0. The standard InChI is InChI=1S/C29H23F2N7O2/c1-16-11-26(40-28-21(30)3-2-4-22(28)31)34-14-25(16)38-29(33)20(13-35-38)27(39)24-12-19-18-7-9-37(10-8-32)15-17(18)5-6-23(19)36-24/h2-6,11-14,36H,7,9-10,15,33H2,1H3. The molecule has 0 saturated heterocycles. The van der Waals surface area contributed by atoms with Crippen molar-refractivity contribution in [3.8, 4) is 23.4 Å². The predicted molar refractivity (Wildman–Crippen MR) is 143 cm³/mol. The highest BCUT2D eigenvalue weighted by molar-refractivity contribution is 6.12. The van der Waals surface area contributed by atoms with E-state index >= 15 is 0 Å². The number of rotatable bonds is 6. The Labute approximate surface area is 227 Å². The number of nitriles is 1. The van der Waals surface area contributed by atoms with E-state index in [1.54, 1.807) is 6.92 Å². The van der Waals surface area contributed by atoms with Crippen molar-refractivity contribution < 1.29 is 18.3 Å². The van der Waals surface area contributed by atoms with Gasteiger partial charge >= 0.3 is 0 Å². The number of H-pyrrole nitrogens is 1. The highest BCUT2D eigenvalue weighted by atomic mass is 19.1. The van der Waals surface area contributed by atoms with Crippen LogP contribution in [0.4, 0.5) is 14.6 Å². The number of carbonyl (C=O) groups excluding carboxylic acids is 1. The summed E-state index contributed by atoms with van der Waals surface area (Å²) < 4.78 is 34.7. The summed E-state index contributed by atoms with van der Waals surface area (Å²) in [6.45, 7) is 3.59. The van der Waals surface area contributed by atoms with Gasteiger partial charge in [-0.2, -0.15) is 10.4 Å². The zero-order valence-corrected chi connectivity index (χ0v) is 21.4. The molecular formula is C29H23F2N7O2. The first-order valence-electron chi connectivity index (χ1n) is 12.5. The fourth-order valence-electron chi connectivity index (χ4n) is 5.05. The fraction of sp³-hybridized carbons (Fsp3) is 0.172. The number of ketones is 1. The van der Waals surface area contributed by atoms with Crippen molar-refractivity contribution in [2.24, 2.45) is 0 Å². The minimum absolute atomic E-state index is 0.00979. The molecule has 11 heteroatoms. The van der Waals surface area contributed by atoms with Gasteiger partial charge in [0.05, 0.1) is 42.0 Å². The number of hydrogen-bond donors (Lipinski definition) is 2. The van der Waals surface area contributed by atoms with E-state index in [9.17, 15) is 13.6 Å². The Kier molecular flexibility index (Phi) is 6.24. The number of aryl methyl sites for hydroxylation is 1. The van der Waals surface area contributed by atoms with Crippen molar-refractivity contribution in [3.63, 3.8) is 0 Å². The molecule has 2 aromatic carbocycles. The number of fused-ring (bicyclic) bond motifs is 3. The second-order valence-electron chi connectivity index (χ2n) is 9.61. The molecule has 0 spiro atoms. The zero-order chi connectivity index (χ0) is 28.0. The number of aromatic amines is 1. The van der Waals surface area contributed by atoms with Crippen LogP contribution in [0.25, 0.3) is 16.6 Å². The third-order valence-electron chi connectivity index (χ3n) is 7.09. The lowest BCUT2D eigenvalue weighted by molar-refractivity contribution is 0.103. The minimum atomic E-state index is -0.846. The van der Waals surface area contributed by atoms with E-state index in [1.807, 2.05) is 18.2 Å². The van der Waals surface area contributed by atoms with Gasteiger partial charge in [-0.15, -0.1) is 0 Å². The van der Waals surface area contributed by atoms with Crippen molar-refractivity contribution in [2.75, 3.05) is 18.8 Å². The topological polar surface area (TPSA) is 126 Å². The third kappa shape index (κ3) is 4.34. The molecule has 0 radical (unpaired) electrons. The van der Waals surface area contributed by atoms with Gasteiger partial charge in [-0.05, 0) is 54.3 Å². The number of benzene rings is 2. The molecule has 0 amide bonds. The average Bonchev–Trinajstić information content (AvgIpc) is 3.55. The molecule has 0 bridgehead atoms. The summed E-state index contributed by atoms with van der Waals surface area (Å²) in [5.41, 5.74) is 11.2. The average molecular weight is 540 g/mol. The van der Waals surface area contributed by atoms with Crippen molar-refractivity contribution in [2.45, 2.75) is 19.9 Å². The fourth-order valence-corrected chi connectivity index (χ4v) is 5.05. The Hall–Kier alpha value is -5.08. The van der Waals surface area contributed by atoms with Crippen LogP contribution in [0.15, 0.2) is 54.9 Å². The van der Waals surface area contributed by atoms with Crippen LogP contribution in [0.2, 0.25) is 0 Å². The van der Waals surface area contributed by atoms with E-state index in [0.29, 0.717) is 30.0 Å². The molecule has 0 fully saturated rings. The maximum atomic E-state index is 14.0. The van der Waals surface area contributed by atoms with Gasteiger partial charge in [-0.3, -0.25) is 9.69 Å². The third-order valence-corrected chi connectivity index (χ3v) is 7.09. The van der Waals surface area contributed by atoms with Gasteiger partial charge in [-0.1, -0.05) is 12.1 Å². The number of pyridine rings is 1. The highest BCUT2D eigenvalue weighted by Crippen LogP contribution is 2.31. The van der Waals surface area contributed by atoms with E-state index < -0.39 is 17.4 Å². The van der Waals surface area contributed by atoms with Crippen LogP contribution < -0.4 is 10.5 Å². The van der Waals surface area contributed by atoms with E-state index in [0.717, 1.165) is 41.6 Å². The minimum Gasteiger partial charge on any atom is -0.433 e. The second kappa shape index (κ2) is 9.91. The number of halogens is 2. The van der Waals surface area contributed by atoms with Gasteiger partial charge in [0.15, 0.2) is 11.6 Å². The molecule has 0 aliphatic carbocycles. The first-order chi connectivity index (χ1) is 19.3. The Morgan fingerprint density at radius 2 is 2.00 bits per heavy atom. The molecule has 0 atom stereocenters. The maximum Gasteiger partial charge on any atom is 0.219 e. The van der Waals surface area contributed by atoms with Gasteiger partial charge in [0, 0.05) is 30.1 Å². The summed E-state index contributed by atoms with van der Waals surface area (Å²) in [4.78, 5) is 22.9. The number of nitrogens with two attached hydrogens (primary N) is 1. The van der Waals surface area contributed by atoms with Crippen molar-refractivity contribution in [1.29, 1.82) is 5.26 Å². The molecule has 0 saturated carbocycles. The molecule has 0 unspecified atom stereocenters. The Balaban J connectivity index is 1.27. The van der Waals surface area contributed by atoms with E-state index in [1.165, 1.54) is 34.8 Å². The summed E-state index contributed by atoms with van der Waals surface area (Å²) in [6, 6.07) is 12.9. The first kappa shape index (κ1) is 25.2. The normalized spacial score (nSPS) is 13.2. The van der Waals surface area contributed by atoms with Crippen molar-refractivity contribution in [3.05, 3.63) is 94.4 Å². The molecule has 1 aliphatic heterocycles. The number of hydrogen-bond acceptors (Lipinski definition) is 7. The summed E-state index contributed by atoms with van der Waals surface area (Å²) >= 11 is 0. The van der Waals surface area contributed by atoms with Crippen LogP contribution in [0.1, 0.15) is 32.7 Å². The second-order valence-corrected chi connectivity index (χ2v) is 9.61. The van der Waals surface area contributed by atoms with Gasteiger partial charge in [0.25, 0.3) is 0 Å². The maximum absolute atomic E-state index is 14.0. The lowest BCUT2D eigenvalue weighted by atomic mass is 9.96. The lowest BCUT2D eigenvalue weighted by Crippen LogP contribution is -2.30. The summed E-state index contributed by atoms with van der Waals surface area (Å²) in [5.74, 6) is -2.44. The van der Waals surface area contributed by atoms with Gasteiger partial charge < -0.3 is 15.5 Å². The number of nitrogens with zero attached hydrogens (tertiary/aromatic N) is 5. The molecule has 40 heavy (non-hydrogen) atoms. The van der Waals surface area contributed by atoms with Gasteiger partial charge in [-0.25, -0.2) is 18.4 Å². The van der Waals surface area contributed by atoms with E-state index in [4.69, 9.17) is 15.7 Å². The Morgan fingerprint density at radius 1 is 1.20 bits per heavy atom. The molecule has 6 rings (SSSR count). The van der Waals surface area contributed by atoms with Crippen LogP contribution in [-0.4, -0.2) is 43.5 Å². The monoisotopic (exact) mass is 539 g/mol. The number of aromatic nitrogens is 4. The van der Waals surface area contributed by atoms with Crippen LogP contribution in [0, 0.1) is 29.9 Å². The molecule has 1 aliphatic rings. The molecule has 4 heterocycles. The summed E-state index contributed by atoms with van der Waals surface area (Å²) in [5, 5.41) is 14.3. The molecule has 9 nitrogen and oxygen atoms in total. The highest BCUT2D eigenvalue weighted by Gasteiger charge is 2.24. The number of nitrogens with one attached hydrogen (secondary N) is 1. The van der Waals surface area contributed by atoms with E-state index in [2.05, 4.69) is 26.0 Å². The number of anilines is 1. The van der Waals surface area contributed by atoms with Crippen molar-refractivity contribution in [1.82, 2.24) is 24.6 Å². The smallest absolute Gasteiger partial charge is 0.219 e. The van der Waals surface area contributed by atoms with E-state index in [-0.39, 0.29) is 23.0 Å². The largest absolute Gasteiger partial charge is 0.433 e. The Morgan fingerprint density at radius 3 is 2.75 bits per heavy atom. The van der Waals surface area contributed by atoms with Crippen LogP contribution in [-0.2, 0) is 13.0 Å². The number of carbonyl (C=O) groups is 1. The number of nitrogen functional groups attached to an aromatic ring is 1. The molecule has 3 N–H and O–H groups in total. The number of para-hydroxylation sites is 1.